The number of aryl methyl sites for hydroxylation is 4. The molecule has 3 heterocycles. The van der Waals surface area contributed by atoms with E-state index in [4.69, 9.17) is 11.6 Å². The number of halogens is 1. The molecule has 0 aliphatic carbocycles. The van der Waals surface area contributed by atoms with Crippen LogP contribution in [0.1, 0.15) is 35.7 Å². The van der Waals surface area contributed by atoms with E-state index in [-0.39, 0.29) is 0 Å². The van der Waals surface area contributed by atoms with Gasteiger partial charge in [0.15, 0.2) is 0 Å². The zero-order chi connectivity index (χ0) is 15.9. The Kier molecular flexibility index (Phi) is 4.23. The van der Waals surface area contributed by atoms with E-state index in [1.54, 1.807) is 4.68 Å². The molecule has 2 aromatic rings. The van der Waals surface area contributed by atoms with Crippen LogP contribution in [0.15, 0.2) is 0 Å². The van der Waals surface area contributed by atoms with E-state index in [1.807, 2.05) is 32.5 Å². The Bertz CT molecular complexity index is 674. The molecule has 1 atom stereocenters. The molecule has 3 rings (SSSR count). The summed E-state index contributed by atoms with van der Waals surface area (Å²) in [4.78, 5) is 6.89. The molecule has 2 aromatic heterocycles. The second kappa shape index (κ2) is 6.01. The quantitative estimate of drug-likeness (QED) is 0.866. The molecule has 0 radical (unpaired) electrons. The van der Waals surface area contributed by atoms with Gasteiger partial charge in [-0.2, -0.15) is 10.2 Å². The first-order chi connectivity index (χ1) is 10.5. The second-order valence-corrected chi connectivity index (χ2v) is 6.49. The second-order valence-electron chi connectivity index (χ2n) is 6.13. The Balaban J connectivity index is 1.74. The number of aromatic nitrogens is 5. The molecule has 0 N–H and O–H groups in total. The van der Waals surface area contributed by atoms with Crippen molar-refractivity contribution in [1.29, 1.82) is 0 Å². The third kappa shape index (κ3) is 2.90. The molecule has 6 nitrogen and oxygen atoms in total. The zero-order valence-electron chi connectivity index (χ0n) is 13.7. The van der Waals surface area contributed by atoms with Crippen molar-refractivity contribution in [3.8, 4) is 0 Å². The first-order valence-corrected chi connectivity index (χ1v) is 8.13. The molecule has 0 saturated carbocycles. The lowest BCUT2D eigenvalue weighted by Crippen LogP contribution is -2.33. The van der Waals surface area contributed by atoms with E-state index in [9.17, 15) is 0 Å². The SMILES string of the molecule is Cc1nc(C)n(CC2CCCN2Cc2c(C)nn(C)c2Cl)n1. The smallest absolute Gasteiger partial charge is 0.147 e. The van der Waals surface area contributed by atoms with E-state index in [0.717, 1.165) is 47.7 Å². The highest BCUT2D eigenvalue weighted by atomic mass is 35.5. The first kappa shape index (κ1) is 15.5. The summed E-state index contributed by atoms with van der Waals surface area (Å²) in [6.07, 6.45) is 2.41. The molecule has 0 spiro atoms. The Morgan fingerprint density at radius 3 is 2.59 bits per heavy atom. The standard InChI is InChI=1S/C15H23ClN6/c1-10-14(15(16)20(4)18-10)9-21-7-5-6-13(21)8-22-12(3)17-11(2)19-22/h13H,5-9H2,1-4H3. The molecule has 7 heteroatoms. The Labute approximate surface area is 136 Å². The molecule has 1 saturated heterocycles. The van der Waals surface area contributed by atoms with E-state index in [2.05, 4.69) is 20.1 Å². The van der Waals surface area contributed by atoms with Gasteiger partial charge < -0.3 is 0 Å². The van der Waals surface area contributed by atoms with Crippen molar-refractivity contribution in [3.05, 3.63) is 28.1 Å². The van der Waals surface area contributed by atoms with E-state index >= 15 is 0 Å². The van der Waals surface area contributed by atoms with Crippen LogP contribution in [0.3, 0.4) is 0 Å². The Morgan fingerprint density at radius 2 is 2.00 bits per heavy atom. The first-order valence-electron chi connectivity index (χ1n) is 7.75. The fourth-order valence-electron chi connectivity index (χ4n) is 3.30. The average Bonchev–Trinajstić information content (AvgIpc) is 3.08. The summed E-state index contributed by atoms with van der Waals surface area (Å²) in [5.74, 6) is 1.83. The van der Waals surface area contributed by atoms with Crippen LogP contribution >= 0.6 is 11.6 Å². The summed E-state index contributed by atoms with van der Waals surface area (Å²) in [5.41, 5.74) is 2.16. The number of rotatable bonds is 4. The molecule has 22 heavy (non-hydrogen) atoms. The molecular formula is C15H23ClN6. The van der Waals surface area contributed by atoms with Gasteiger partial charge in [0, 0.05) is 25.2 Å². The molecule has 0 bridgehead atoms. The predicted molar refractivity (Wildman–Crippen MR) is 85.9 cm³/mol. The summed E-state index contributed by atoms with van der Waals surface area (Å²) in [6, 6.07) is 0.482. The Hall–Kier alpha value is -1.40. The van der Waals surface area contributed by atoms with Crippen LogP contribution in [-0.4, -0.2) is 42.0 Å². The predicted octanol–water partition coefficient (Wildman–Crippen LogP) is 2.25. The van der Waals surface area contributed by atoms with Crippen LogP contribution in [0.25, 0.3) is 0 Å². The van der Waals surface area contributed by atoms with Crippen LogP contribution in [0.2, 0.25) is 5.15 Å². The van der Waals surface area contributed by atoms with E-state index in [0.29, 0.717) is 6.04 Å². The van der Waals surface area contributed by atoms with Gasteiger partial charge in [-0.15, -0.1) is 0 Å². The fraction of sp³-hybridized carbons (Fsp3) is 0.667. The van der Waals surface area contributed by atoms with Crippen molar-refractivity contribution in [2.75, 3.05) is 6.54 Å². The molecule has 1 unspecified atom stereocenters. The minimum Gasteiger partial charge on any atom is -0.294 e. The normalized spacial score (nSPS) is 19.2. The van der Waals surface area contributed by atoms with E-state index in [1.165, 1.54) is 12.8 Å². The molecule has 1 aliphatic rings. The molecule has 0 amide bonds. The highest BCUT2D eigenvalue weighted by Gasteiger charge is 2.27. The molecule has 1 fully saturated rings. The summed E-state index contributed by atoms with van der Waals surface area (Å²) < 4.78 is 3.78. The maximum Gasteiger partial charge on any atom is 0.147 e. The number of hydrogen-bond acceptors (Lipinski definition) is 4. The molecule has 0 aromatic carbocycles. The highest BCUT2D eigenvalue weighted by Crippen LogP contribution is 2.26. The van der Waals surface area contributed by atoms with E-state index < -0.39 is 0 Å². The van der Waals surface area contributed by atoms with Gasteiger partial charge in [-0.25, -0.2) is 9.67 Å². The number of likely N-dealkylation sites (tertiary alicyclic amines) is 1. The topological polar surface area (TPSA) is 51.8 Å². The van der Waals surface area contributed by atoms with Crippen molar-refractivity contribution < 1.29 is 0 Å². The third-order valence-corrected chi connectivity index (χ3v) is 4.95. The van der Waals surface area contributed by atoms with Crippen LogP contribution in [-0.2, 0) is 20.1 Å². The monoisotopic (exact) mass is 322 g/mol. The van der Waals surface area contributed by atoms with Crippen LogP contribution in [0, 0.1) is 20.8 Å². The van der Waals surface area contributed by atoms with Gasteiger partial charge in [-0.1, -0.05) is 11.6 Å². The minimum atomic E-state index is 0.482. The maximum absolute atomic E-state index is 6.38. The largest absolute Gasteiger partial charge is 0.294 e. The Morgan fingerprint density at radius 1 is 1.23 bits per heavy atom. The number of nitrogens with zero attached hydrogens (tertiary/aromatic N) is 6. The van der Waals surface area contributed by atoms with Gasteiger partial charge in [0.1, 0.15) is 16.8 Å². The zero-order valence-corrected chi connectivity index (χ0v) is 14.4. The summed E-state index contributed by atoms with van der Waals surface area (Å²) in [7, 11) is 1.89. The lowest BCUT2D eigenvalue weighted by molar-refractivity contribution is 0.217. The lowest BCUT2D eigenvalue weighted by Gasteiger charge is -2.24. The average molecular weight is 323 g/mol. The molecular weight excluding hydrogens is 300 g/mol. The van der Waals surface area contributed by atoms with Crippen molar-refractivity contribution in [2.24, 2.45) is 7.05 Å². The maximum atomic E-state index is 6.38. The molecule has 120 valence electrons. The van der Waals surface area contributed by atoms with Gasteiger partial charge in [0.05, 0.1) is 12.2 Å². The van der Waals surface area contributed by atoms with Gasteiger partial charge in [-0.3, -0.25) is 9.58 Å². The van der Waals surface area contributed by atoms with Gasteiger partial charge >= 0.3 is 0 Å². The summed E-state index contributed by atoms with van der Waals surface area (Å²) in [6.45, 7) is 8.83. The lowest BCUT2D eigenvalue weighted by atomic mass is 10.2. The minimum absolute atomic E-state index is 0.482. The summed E-state index contributed by atoms with van der Waals surface area (Å²) >= 11 is 6.38. The van der Waals surface area contributed by atoms with Gasteiger partial charge in [-0.05, 0) is 40.2 Å². The van der Waals surface area contributed by atoms with Crippen molar-refractivity contribution in [1.82, 2.24) is 29.4 Å². The van der Waals surface area contributed by atoms with Crippen molar-refractivity contribution in [3.63, 3.8) is 0 Å². The van der Waals surface area contributed by atoms with Crippen LogP contribution in [0.5, 0.6) is 0 Å². The van der Waals surface area contributed by atoms with Crippen LogP contribution < -0.4 is 0 Å². The van der Waals surface area contributed by atoms with Gasteiger partial charge in [0.25, 0.3) is 0 Å². The third-order valence-electron chi connectivity index (χ3n) is 4.48. The van der Waals surface area contributed by atoms with Crippen molar-refractivity contribution >= 4 is 11.6 Å². The van der Waals surface area contributed by atoms with Crippen molar-refractivity contribution in [2.45, 2.75) is 52.7 Å². The van der Waals surface area contributed by atoms with Crippen LogP contribution in [0.4, 0.5) is 0 Å². The number of hydrogen-bond donors (Lipinski definition) is 0. The fourth-order valence-corrected chi connectivity index (χ4v) is 3.53. The highest BCUT2D eigenvalue weighted by molar-refractivity contribution is 6.30. The molecule has 1 aliphatic heterocycles. The summed E-state index contributed by atoms with van der Waals surface area (Å²) in [5, 5.41) is 9.65. The van der Waals surface area contributed by atoms with Gasteiger partial charge in [0.2, 0.25) is 0 Å².